The van der Waals surface area contributed by atoms with E-state index in [-0.39, 0.29) is 28.2 Å². The summed E-state index contributed by atoms with van der Waals surface area (Å²) in [7, 11) is 1.64. The van der Waals surface area contributed by atoms with E-state index in [9.17, 15) is 18.3 Å². The van der Waals surface area contributed by atoms with Crippen LogP contribution in [0.2, 0.25) is 0 Å². The minimum absolute atomic E-state index is 0.0254. The molecule has 8 heteroatoms. The van der Waals surface area contributed by atoms with Crippen molar-refractivity contribution in [1.82, 2.24) is 4.72 Å². The number of nitriles is 1. The molecule has 0 aliphatic heterocycles. The highest BCUT2D eigenvalue weighted by Gasteiger charge is 2.49. The number of nitrogens with zero attached hydrogens (tertiary/aromatic N) is 1. The van der Waals surface area contributed by atoms with E-state index in [4.69, 9.17) is 10.00 Å². The van der Waals surface area contributed by atoms with Crippen molar-refractivity contribution in [3.63, 3.8) is 0 Å². The molecular weight excluding hydrogens is 353 g/mol. The molecular formula is C17H13F3N2O2S. The van der Waals surface area contributed by atoms with Gasteiger partial charge in [0.1, 0.15) is 23.4 Å². The number of hydrogen-bond donors (Lipinski definition) is 2. The molecule has 2 N–H and O–H groups in total. The van der Waals surface area contributed by atoms with Gasteiger partial charge in [0.05, 0.1) is 11.6 Å². The maximum atomic E-state index is 14.0. The van der Waals surface area contributed by atoms with Gasteiger partial charge in [-0.1, -0.05) is 0 Å². The molecule has 0 bridgehead atoms. The molecule has 2 aromatic carbocycles. The third-order valence-electron chi connectivity index (χ3n) is 3.80. The average molecular weight is 366 g/mol. The quantitative estimate of drug-likeness (QED) is 0.803. The summed E-state index contributed by atoms with van der Waals surface area (Å²) in [4.78, 5) is 0.464. The van der Waals surface area contributed by atoms with E-state index in [0.29, 0.717) is 4.90 Å². The van der Waals surface area contributed by atoms with Gasteiger partial charge >= 0.3 is 0 Å². The van der Waals surface area contributed by atoms with E-state index in [1.807, 2.05) is 0 Å². The first-order chi connectivity index (χ1) is 11.9. The van der Waals surface area contributed by atoms with Gasteiger partial charge in [0.2, 0.25) is 0 Å². The zero-order valence-electron chi connectivity index (χ0n) is 13.0. The van der Waals surface area contributed by atoms with Crippen LogP contribution in [0.4, 0.5) is 13.2 Å². The van der Waals surface area contributed by atoms with Crippen LogP contribution in [0.3, 0.4) is 0 Å². The number of nitrogens with one attached hydrogen (secondary N) is 1. The van der Waals surface area contributed by atoms with E-state index in [0.717, 1.165) is 24.1 Å². The van der Waals surface area contributed by atoms with Crippen molar-refractivity contribution in [1.29, 1.82) is 5.26 Å². The lowest BCUT2D eigenvalue weighted by atomic mass is 10.1. The Morgan fingerprint density at radius 2 is 2.12 bits per heavy atom. The van der Waals surface area contributed by atoms with Gasteiger partial charge in [-0.2, -0.15) is 5.26 Å². The molecule has 0 heterocycles. The van der Waals surface area contributed by atoms with E-state index < -0.39 is 24.3 Å². The monoisotopic (exact) mass is 366 g/mol. The van der Waals surface area contributed by atoms with E-state index >= 15 is 0 Å². The topological polar surface area (TPSA) is 65.3 Å². The molecule has 0 aromatic heterocycles. The lowest BCUT2D eigenvalue weighted by Crippen LogP contribution is -2.21. The number of aliphatic hydroxyl groups is 1. The van der Waals surface area contributed by atoms with Crippen LogP contribution in [-0.2, 0) is 6.42 Å². The van der Waals surface area contributed by atoms with Gasteiger partial charge in [-0.3, -0.25) is 4.72 Å². The van der Waals surface area contributed by atoms with E-state index in [1.165, 1.54) is 12.1 Å². The van der Waals surface area contributed by atoms with Crippen molar-refractivity contribution in [2.24, 2.45) is 0 Å². The zero-order chi connectivity index (χ0) is 18.2. The minimum atomic E-state index is -3.31. The summed E-state index contributed by atoms with van der Waals surface area (Å²) >= 11 is 1.11. The zero-order valence-corrected chi connectivity index (χ0v) is 13.8. The number of aliphatic hydroxyl groups excluding tert-OH is 1. The number of hydrogen-bond acceptors (Lipinski definition) is 5. The number of alkyl halides is 2. The number of ether oxygens (including phenoxy) is 1. The first-order valence-corrected chi connectivity index (χ1v) is 8.11. The molecule has 0 saturated carbocycles. The summed E-state index contributed by atoms with van der Waals surface area (Å²) in [6, 6.07) is 8.26. The highest BCUT2D eigenvalue weighted by Crippen LogP contribution is 2.50. The Bertz CT molecular complexity index is 868. The van der Waals surface area contributed by atoms with Gasteiger partial charge in [0.25, 0.3) is 5.92 Å². The Labute approximate surface area is 146 Å². The van der Waals surface area contributed by atoms with Crippen molar-refractivity contribution in [2.45, 2.75) is 23.3 Å². The molecule has 3 rings (SSSR count). The van der Waals surface area contributed by atoms with Crippen LogP contribution >= 0.6 is 11.9 Å². The predicted molar refractivity (Wildman–Crippen MR) is 86.2 cm³/mol. The smallest absolute Gasteiger partial charge is 0.281 e. The van der Waals surface area contributed by atoms with Crippen LogP contribution in [0.25, 0.3) is 0 Å². The fourth-order valence-corrected chi connectivity index (χ4v) is 3.46. The van der Waals surface area contributed by atoms with Gasteiger partial charge < -0.3 is 9.84 Å². The summed E-state index contributed by atoms with van der Waals surface area (Å²) in [5, 5.41) is 18.9. The Morgan fingerprint density at radius 1 is 1.36 bits per heavy atom. The van der Waals surface area contributed by atoms with Crippen LogP contribution in [0.5, 0.6) is 11.5 Å². The minimum Gasteiger partial charge on any atom is -0.457 e. The average Bonchev–Trinajstić information content (AvgIpc) is 2.80. The molecule has 0 amide bonds. The molecule has 4 nitrogen and oxygen atoms in total. The molecule has 0 spiro atoms. The van der Waals surface area contributed by atoms with Gasteiger partial charge in [-0.05, 0) is 43.3 Å². The van der Waals surface area contributed by atoms with E-state index in [1.54, 1.807) is 19.2 Å². The third-order valence-corrected chi connectivity index (χ3v) is 4.58. The van der Waals surface area contributed by atoms with Gasteiger partial charge in [-0.15, -0.1) is 0 Å². The summed E-state index contributed by atoms with van der Waals surface area (Å²) < 4.78 is 49.9. The standard InChI is InChI=1S/C17H13F3N2O2S/c1-22-25-14-3-2-13(12-7-17(19,20)16(23)15(12)14)24-11-5-9(8-21)4-10(18)6-11/h2-6,16,22-23H,7H2,1H3/t16-/m0/s1. The molecule has 2 aromatic rings. The fraction of sp³-hybridized carbons (Fsp3) is 0.235. The van der Waals surface area contributed by atoms with Crippen molar-refractivity contribution in [3.05, 3.63) is 52.8 Å². The summed E-state index contributed by atoms with van der Waals surface area (Å²) in [6.45, 7) is 0. The van der Waals surface area contributed by atoms with Crippen molar-refractivity contribution in [3.8, 4) is 17.6 Å². The Kier molecular flexibility index (Phi) is 4.64. The molecule has 0 unspecified atom stereocenters. The molecule has 1 aliphatic carbocycles. The van der Waals surface area contributed by atoms with Crippen LogP contribution < -0.4 is 9.46 Å². The predicted octanol–water partition coefficient (Wildman–Crippen LogP) is 3.94. The molecule has 0 radical (unpaired) electrons. The second-order valence-electron chi connectivity index (χ2n) is 5.49. The number of benzene rings is 2. The number of fused-ring (bicyclic) bond motifs is 1. The fourth-order valence-electron chi connectivity index (χ4n) is 2.76. The van der Waals surface area contributed by atoms with E-state index in [2.05, 4.69) is 4.72 Å². The summed E-state index contributed by atoms with van der Waals surface area (Å²) in [5.74, 6) is -3.86. The second kappa shape index (κ2) is 6.59. The molecule has 130 valence electrons. The lowest BCUT2D eigenvalue weighted by molar-refractivity contribution is -0.0976. The van der Waals surface area contributed by atoms with Crippen LogP contribution in [-0.4, -0.2) is 18.1 Å². The summed E-state index contributed by atoms with van der Waals surface area (Å²) in [5.41, 5.74) is 0.318. The Hall–Kier alpha value is -2.21. The maximum absolute atomic E-state index is 14.0. The van der Waals surface area contributed by atoms with Gasteiger partial charge in [-0.25, -0.2) is 13.2 Å². The van der Waals surface area contributed by atoms with Crippen molar-refractivity contribution < 1.29 is 23.0 Å². The highest BCUT2D eigenvalue weighted by atomic mass is 32.2. The number of rotatable bonds is 4. The first kappa shape index (κ1) is 17.6. The number of halogens is 3. The Balaban J connectivity index is 2.05. The van der Waals surface area contributed by atoms with Gasteiger partial charge in [0.15, 0.2) is 0 Å². The largest absolute Gasteiger partial charge is 0.457 e. The third kappa shape index (κ3) is 3.31. The lowest BCUT2D eigenvalue weighted by Gasteiger charge is -2.16. The Morgan fingerprint density at radius 3 is 2.80 bits per heavy atom. The maximum Gasteiger partial charge on any atom is 0.281 e. The second-order valence-corrected chi connectivity index (χ2v) is 6.54. The molecule has 0 saturated heterocycles. The SMILES string of the molecule is CNSc1ccc(Oc2cc(F)cc(C#N)c2)c2c1[C@H](O)C(F)(F)C2. The first-order valence-electron chi connectivity index (χ1n) is 7.29. The van der Waals surface area contributed by atoms with Crippen LogP contribution in [0, 0.1) is 17.1 Å². The molecule has 1 aliphatic rings. The van der Waals surface area contributed by atoms with Crippen LogP contribution in [0.15, 0.2) is 35.2 Å². The highest BCUT2D eigenvalue weighted by molar-refractivity contribution is 7.97. The normalized spacial score (nSPS) is 17.8. The molecule has 25 heavy (non-hydrogen) atoms. The van der Waals surface area contributed by atoms with Crippen molar-refractivity contribution in [2.75, 3.05) is 7.05 Å². The molecule has 0 fully saturated rings. The van der Waals surface area contributed by atoms with Crippen LogP contribution in [0.1, 0.15) is 22.8 Å². The van der Waals surface area contributed by atoms with Gasteiger partial charge in [0, 0.05) is 28.5 Å². The molecule has 1 atom stereocenters. The summed E-state index contributed by atoms with van der Waals surface area (Å²) in [6.07, 6.45) is -2.62. The van der Waals surface area contributed by atoms with Crippen molar-refractivity contribution >= 4 is 11.9 Å².